The second-order valence-electron chi connectivity index (χ2n) is 9.70. The van der Waals surface area contributed by atoms with Crippen molar-refractivity contribution in [3.63, 3.8) is 0 Å². The van der Waals surface area contributed by atoms with Gasteiger partial charge in [-0.2, -0.15) is 5.10 Å². The quantitative estimate of drug-likeness (QED) is 0.201. The summed E-state index contributed by atoms with van der Waals surface area (Å²) < 4.78 is 25.7. The van der Waals surface area contributed by atoms with Crippen LogP contribution in [0.25, 0.3) is 10.9 Å². The maximum Gasteiger partial charge on any atom is 0.253 e. The van der Waals surface area contributed by atoms with Gasteiger partial charge >= 0.3 is 0 Å². The zero-order valence-electron chi connectivity index (χ0n) is 21.5. The van der Waals surface area contributed by atoms with E-state index in [0.29, 0.717) is 62.1 Å². The van der Waals surface area contributed by atoms with Gasteiger partial charge in [-0.25, -0.2) is 4.39 Å². The number of hydrogen-bond donors (Lipinski definition) is 0. The molecular weight excluding hydrogens is 485 g/mol. The van der Waals surface area contributed by atoms with E-state index in [1.165, 1.54) is 12.1 Å². The van der Waals surface area contributed by atoms with Gasteiger partial charge in [0.1, 0.15) is 17.3 Å². The molecule has 7 nitrogen and oxygen atoms in total. The molecule has 0 unspecified atom stereocenters. The number of fused-ring (bicyclic) bond motifs is 1. The third-order valence-electron chi connectivity index (χ3n) is 6.90. The number of Topliss-reactive ketones (excluding diaryl/α,β-unsaturated/α-hetero) is 1. The lowest BCUT2D eigenvalue weighted by Crippen LogP contribution is -2.51. The van der Waals surface area contributed by atoms with Crippen molar-refractivity contribution in [2.75, 3.05) is 26.8 Å². The number of halogens is 1. The normalized spacial score (nSPS) is 13.5. The van der Waals surface area contributed by atoms with Crippen LogP contribution in [0, 0.1) is 18.7 Å². The molecule has 1 aliphatic rings. The van der Waals surface area contributed by atoms with Gasteiger partial charge in [-0.1, -0.05) is 0 Å². The first-order chi connectivity index (χ1) is 18.4. The van der Waals surface area contributed by atoms with Gasteiger partial charge in [0.25, 0.3) is 5.91 Å². The number of carbonyl (C=O) groups is 2. The number of methoxy groups -OCH3 is 1. The van der Waals surface area contributed by atoms with Crippen LogP contribution in [0.4, 0.5) is 4.39 Å². The van der Waals surface area contributed by atoms with Crippen LogP contribution in [-0.4, -0.2) is 53.2 Å². The van der Waals surface area contributed by atoms with Gasteiger partial charge in [0.2, 0.25) is 0 Å². The van der Waals surface area contributed by atoms with E-state index in [2.05, 4.69) is 0 Å². The zero-order valence-corrected chi connectivity index (χ0v) is 21.5. The molecule has 8 heteroatoms. The van der Waals surface area contributed by atoms with Crippen molar-refractivity contribution in [1.29, 1.82) is 0 Å². The van der Waals surface area contributed by atoms with Crippen LogP contribution in [0.5, 0.6) is 11.5 Å². The van der Waals surface area contributed by atoms with E-state index in [4.69, 9.17) is 14.6 Å². The second kappa shape index (κ2) is 11.1. The van der Waals surface area contributed by atoms with Gasteiger partial charge in [0.15, 0.2) is 5.78 Å². The van der Waals surface area contributed by atoms with Crippen LogP contribution in [0.2, 0.25) is 0 Å². The summed E-state index contributed by atoms with van der Waals surface area (Å²) in [4.78, 5) is 27.3. The van der Waals surface area contributed by atoms with E-state index in [-0.39, 0.29) is 17.5 Å². The lowest BCUT2D eigenvalue weighted by molar-refractivity contribution is 0.0462. The SMILES string of the molecule is COCCCC(=O)c1ccc2nn(CC3CN(C(=O)c4ccc(Oc5ccc(F)cc5)cc4)C3)cc2c1C. The molecular formula is C30H30FN3O4. The van der Waals surface area contributed by atoms with Crippen LogP contribution in [0.3, 0.4) is 0 Å². The maximum absolute atomic E-state index is 13.1. The van der Waals surface area contributed by atoms with E-state index >= 15 is 0 Å². The average molecular weight is 516 g/mol. The molecule has 38 heavy (non-hydrogen) atoms. The predicted octanol–water partition coefficient (Wildman–Crippen LogP) is 5.66. The minimum Gasteiger partial charge on any atom is -0.457 e. The van der Waals surface area contributed by atoms with E-state index in [1.807, 2.05) is 34.8 Å². The second-order valence-corrected chi connectivity index (χ2v) is 9.70. The Hall–Kier alpha value is -4.04. The first-order valence-corrected chi connectivity index (χ1v) is 12.7. The standard InChI is InChI=1S/C30H30FN3O4/c1-20-26(29(35)4-3-15-37-2)13-14-28-27(20)19-34(32-28)18-21-16-33(17-21)30(36)22-5-9-24(10-6-22)38-25-11-7-23(31)8-12-25/h5-14,19,21H,3-4,15-18H2,1-2H3. The summed E-state index contributed by atoms with van der Waals surface area (Å²) in [5, 5.41) is 5.68. The number of amides is 1. The van der Waals surface area contributed by atoms with Crippen LogP contribution in [-0.2, 0) is 11.3 Å². The lowest BCUT2D eigenvalue weighted by Gasteiger charge is -2.39. The highest BCUT2D eigenvalue weighted by Crippen LogP contribution is 2.26. The Kier molecular flexibility index (Phi) is 7.51. The van der Waals surface area contributed by atoms with Crippen LogP contribution in [0.15, 0.2) is 66.9 Å². The van der Waals surface area contributed by atoms with E-state index in [9.17, 15) is 14.0 Å². The fourth-order valence-corrected chi connectivity index (χ4v) is 4.79. The Morgan fingerprint density at radius 1 is 1.00 bits per heavy atom. The van der Waals surface area contributed by atoms with E-state index < -0.39 is 0 Å². The van der Waals surface area contributed by atoms with E-state index in [0.717, 1.165) is 22.0 Å². The molecule has 5 rings (SSSR count). The molecule has 2 heterocycles. The molecule has 1 aliphatic heterocycles. The summed E-state index contributed by atoms with van der Waals surface area (Å²) >= 11 is 0. The molecule has 4 aromatic rings. The molecule has 0 atom stereocenters. The molecule has 1 aromatic heterocycles. The van der Waals surface area contributed by atoms with Crippen LogP contribution in [0.1, 0.15) is 39.1 Å². The summed E-state index contributed by atoms with van der Waals surface area (Å²) in [6.07, 6.45) is 3.17. The number of likely N-dealkylation sites (tertiary alicyclic amines) is 1. The van der Waals surface area contributed by atoms with Crippen molar-refractivity contribution in [2.45, 2.75) is 26.3 Å². The van der Waals surface area contributed by atoms with Crippen molar-refractivity contribution in [3.05, 3.63) is 89.4 Å². The van der Waals surface area contributed by atoms with Crippen LogP contribution < -0.4 is 4.74 Å². The monoisotopic (exact) mass is 515 g/mol. The van der Waals surface area contributed by atoms with Gasteiger partial charge in [0.05, 0.1) is 5.52 Å². The molecule has 0 N–H and O–H groups in total. The number of ketones is 1. The Balaban J connectivity index is 1.15. The molecule has 0 radical (unpaired) electrons. The highest BCUT2D eigenvalue weighted by atomic mass is 19.1. The number of nitrogens with zero attached hydrogens (tertiary/aromatic N) is 3. The Labute approximate surface area is 220 Å². The zero-order chi connectivity index (χ0) is 26.6. The summed E-state index contributed by atoms with van der Waals surface area (Å²) in [5.74, 6) is 1.20. The number of carbonyl (C=O) groups excluding carboxylic acids is 2. The number of aryl methyl sites for hydroxylation is 1. The Morgan fingerprint density at radius 3 is 2.37 bits per heavy atom. The summed E-state index contributed by atoms with van der Waals surface area (Å²) in [6, 6.07) is 16.5. The fourth-order valence-electron chi connectivity index (χ4n) is 4.79. The summed E-state index contributed by atoms with van der Waals surface area (Å²) in [7, 11) is 1.64. The molecule has 1 amide bonds. The van der Waals surface area contributed by atoms with Crippen molar-refractivity contribution >= 4 is 22.6 Å². The van der Waals surface area contributed by atoms with Gasteiger partial charge in [-0.15, -0.1) is 0 Å². The van der Waals surface area contributed by atoms with Crippen LogP contribution >= 0.6 is 0 Å². The van der Waals surface area contributed by atoms with Crippen molar-refractivity contribution in [3.8, 4) is 11.5 Å². The van der Waals surface area contributed by atoms with Crippen molar-refractivity contribution in [1.82, 2.24) is 14.7 Å². The number of ether oxygens (including phenoxy) is 2. The number of aromatic nitrogens is 2. The molecule has 196 valence electrons. The van der Waals surface area contributed by atoms with Crippen molar-refractivity contribution < 1.29 is 23.5 Å². The molecule has 1 fully saturated rings. The summed E-state index contributed by atoms with van der Waals surface area (Å²) in [6.45, 7) is 4.57. The topological polar surface area (TPSA) is 73.7 Å². The number of rotatable bonds is 10. The summed E-state index contributed by atoms with van der Waals surface area (Å²) in [5.41, 5.74) is 3.15. The number of hydrogen-bond acceptors (Lipinski definition) is 5. The lowest BCUT2D eigenvalue weighted by atomic mass is 9.98. The van der Waals surface area contributed by atoms with E-state index in [1.54, 1.807) is 43.5 Å². The fraction of sp³-hybridized carbons (Fsp3) is 0.300. The first kappa shape index (κ1) is 25.6. The highest BCUT2D eigenvalue weighted by Gasteiger charge is 2.31. The third-order valence-corrected chi connectivity index (χ3v) is 6.90. The number of benzene rings is 3. The van der Waals surface area contributed by atoms with Gasteiger partial charge in [-0.05, 0) is 79.6 Å². The smallest absolute Gasteiger partial charge is 0.253 e. The van der Waals surface area contributed by atoms with Gasteiger partial charge in [-0.3, -0.25) is 14.3 Å². The average Bonchev–Trinajstić information content (AvgIpc) is 3.31. The highest BCUT2D eigenvalue weighted by molar-refractivity contribution is 6.01. The maximum atomic E-state index is 13.1. The largest absolute Gasteiger partial charge is 0.457 e. The molecule has 0 saturated carbocycles. The predicted molar refractivity (Wildman–Crippen MR) is 142 cm³/mol. The molecule has 0 bridgehead atoms. The minimum atomic E-state index is -0.322. The third kappa shape index (κ3) is 5.60. The Bertz CT molecular complexity index is 1440. The molecule has 0 aliphatic carbocycles. The molecule has 0 spiro atoms. The Morgan fingerprint density at radius 2 is 1.68 bits per heavy atom. The minimum absolute atomic E-state index is 0.0207. The molecule has 3 aromatic carbocycles. The van der Waals surface area contributed by atoms with Gasteiger partial charge in [0, 0.05) is 68.4 Å². The van der Waals surface area contributed by atoms with Crippen molar-refractivity contribution in [2.24, 2.45) is 5.92 Å². The first-order valence-electron chi connectivity index (χ1n) is 12.7. The molecule has 1 saturated heterocycles. The van der Waals surface area contributed by atoms with Gasteiger partial charge < -0.3 is 14.4 Å².